The third kappa shape index (κ3) is 4.13. The van der Waals surface area contributed by atoms with Gasteiger partial charge in [0.15, 0.2) is 0 Å². The topological polar surface area (TPSA) is 32.3 Å². The highest BCUT2D eigenvalue weighted by molar-refractivity contribution is 5.94. The van der Waals surface area contributed by atoms with Gasteiger partial charge in [-0.1, -0.05) is 43.3 Å². The van der Waals surface area contributed by atoms with E-state index in [1.807, 2.05) is 13.0 Å². The second kappa shape index (κ2) is 8.00. The van der Waals surface area contributed by atoms with Crippen molar-refractivity contribution in [3.05, 3.63) is 65.5 Å². The summed E-state index contributed by atoms with van der Waals surface area (Å²) in [5, 5.41) is 2.85. The molecule has 0 bridgehead atoms. The average Bonchev–Trinajstić information content (AvgIpc) is 2.65. The van der Waals surface area contributed by atoms with Crippen LogP contribution in [0.2, 0.25) is 0 Å². The highest BCUT2D eigenvalue weighted by Crippen LogP contribution is 2.33. The van der Waals surface area contributed by atoms with Gasteiger partial charge in [-0.3, -0.25) is 9.69 Å². The second-order valence-corrected chi connectivity index (χ2v) is 7.41. The summed E-state index contributed by atoms with van der Waals surface area (Å²) >= 11 is 0. The summed E-state index contributed by atoms with van der Waals surface area (Å²) in [6.45, 7) is 7.69. The van der Waals surface area contributed by atoms with E-state index in [2.05, 4.69) is 41.4 Å². The number of aryl methyl sites for hydroxylation is 1. The number of nitrogens with zero attached hydrogens (tertiary/aromatic N) is 1. The number of rotatable bonds is 4. The molecule has 3 unspecified atom stereocenters. The number of nitrogens with one attached hydrogen (secondary N) is 1. The maximum absolute atomic E-state index is 13.7. The van der Waals surface area contributed by atoms with E-state index < -0.39 is 0 Å². The van der Waals surface area contributed by atoms with Crippen molar-refractivity contribution < 1.29 is 9.18 Å². The normalized spacial score (nSPS) is 22.0. The summed E-state index contributed by atoms with van der Waals surface area (Å²) < 4.78 is 13.7. The quantitative estimate of drug-likeness (QED) is 0.871. The Balaban J connectivity index is 1.67. The number of benzene rings is 2. The smallest absolute Gasteiger partial charge is 0.241 e. The van der Waals surface area contributed by atoms with Crippen molar-refractivity contribution in [3.63, 3.8) is 0 Å². The highest BCUT2D eigenvalue weighted by atomic mass is 19.1. The van der Waals surface area contributed by atoms with Crippen LogP contribution in [0.3, 0.4) is 0 Å². The molecule has 4 heteroatoms. The molecule has 2 aromatic rings. The monoisotopic (exact) mass is 354 g/mol. The Morgan fingerprint density at radius 3 is 2.65 bits per heavy atom. The van der Waals surface area contributed by atoms with Crippen LogP contribution < -0.4 is 5.32 Å². The van der Waals surface area contributed by atoms with E-state index in [4.69, 9.17) is 0 Å². The summed E-state index contributed by atoms with van der Waals surface area (Å²) in [5.74, 6) is 0.633. The molecule has 1 saturated heterocycles. The molecule has 0 aromatic heterocycles. The van der Waals surface area contributed by atoms with Crippen molar-refractivity contribution in [1.82, 2.24) is 4.90 Å². The van der Waals surface area contributed by atoms with Crippen LogP contribution in [-0.2, 0) is 4.79 Å². The molecule has 0 spiro atoms. The van der Waals surface area contributed by atoms with Gasteiger partial charge in [0.2, 0.25) is 5.91 Å². The van der Waals surface area contributed by atoms with Crippen LogP contribution in [0.25, 0.3) is 0 Å². The van der Waals surface area contributed by atoms with Crippen LogP contribution >= 0.6 is 0 Å². The molecule has 26 heavy (non-hydrogen) atoms. The first-order valence-electron chi connectivity index (χ1n) is 9.31. The molecule has 138 valence electrons. The number of likely N-dealkylation sites (tertiary alicyclic amines) is 1. The van der Waals surface area contributed by atoms with Gasteiger partial charge < -0.3 is 5.32 Å². The molecule has 1 aliphatic heterocycles. The molecule has 1 fully saturated rings. The summed E-state index contributed by atoms with van der Waals surface area (Å²) in [7, 11) is 0. The van der Waals surface area contributed by atoms with Crippen LogP contribution in [0.4, 0.5) is 10.1 Å². The molecule has 1 aliphatic rings. The number of amides is 1. The zero-order valence-electron chi connectivity index (χ0n) is 15.7. The maximum atomic E-state index is 13.7. The van der Waals surface area contributed by atoms with Crippen molar-refractivity contribution >= 4 is 11.6 Å². The van der Waals surface area contributed by atoms with E-state index in [0.29, 0.717) is 23.1 Å². The van der Waals surface area contributed by atoms with Gasteiger partial charge in [-0.25, -0.2) is 4.39 Å². The maximum Gasteiger partial charge on any atom is 0.241 e. The minimum Gasteiger partial charge on any atom is -0.325 e. The van der Waals surface area contributed by atoms with Gasteiger partial charge in [-0.2, -0.15) is 0 Å². The van der Waals surface area contributed by atoms with Gasteiger partial charge >= 0.3 is 0 Å². The summed E-state index contributed by atoms with van der Waals surface area (Å²) in [5.41, 5.74) is 2.42. The largest absolute Gasteiger partial charge is 0.325 e. The van der Waals surface area contributed by atoms with E-state index in [0.717, 1.165) is 19.5 Å². The number of hydrogen-bond donors (Lipinski definition) is 1. The Bertz CT molecular complexity index is 762. The zero-order chi connectivity index (χ0) is 18.7. The van der Waals surface area contributed by atoms with Gasteiger partial charge in [-0.05, 0) is 61.9 Å². The van der Waals surface area contributed by atoms with Crippen molar-refractivity contribution in [3.8, 4) is 0 Å². The van der Waals surface area contributed by atoms with Crippen molar-refractivity contribution in [2.45, 2.75) is 39.2 Å². The molecule has 1 amide bonds. The highest BCUT2D eigenvalue weighted by Gasteiger charge is 2.32. The van der Waals surface area contributed by atoms with Crippen molar-refractivity contribution in [2.75, 3.05) is 18.4 Å². The predicted octanol–water partition coefficient (Wildman–Crippen LogP) is 4.59. The summed E-state index contributed by atoms with van der Waals surface area (Å²) in [4.78, 5) is 14.9. The minimum absolute atomic E-state index is 0.0883. The Labute approximate surface area is 155 Å². The molecular weight excluding hydrogens is 327 g/mol. The third-order valence-corrected chi connectivity index (χ3v) is 5.58. The minimum atomic E-state index is -0.300. The molecule has 2 aromatic carbocycles. The lowest BCUT2D eigenvalue weighted by molar-refractivity contribution is -0.121. The standard InChI is InChI=1S/C22H27FN2O/c1-15-11-12-25(14-20(15)18-7-5-4-6-8-18)17(3)22(26)24-19-10-9-16(2)21(23)13-19/h4-10,13,15,17,20H,11-12,14H2,1-3H3,(H,24,26). The van der Waals surface area contributed by atoms with Gasteiger partial charge in [0.1, 0.15) is 5.82 Å². The van der Waals surface area contributed by atoms with Crippen molar-refractivity contribution in [1.29, 1.82) is 0 Å². The number of halogens is 1. The average molecular weight is 354 g/mol. The molecule has 1 heterocycles. The van der Waals surface area contributed by atoms with Crippen LogP contribution in [0.1, 0.15) is 37.3 Å². The van der Waals surface area contributed by atoms with Gasteiger partial charge in [0.25, 0.3) is 0 Å². The van der Waals surface area contributed by atoms with E-state index in [9.17, 15) is 9.18 Å². The Kier molecular flexibility index (Phi) is 5.72. The first-order valence-corrected chi connectivity index (χ1v) is 9.31. The second-order valence-electron chi connectivity index (χ2n) is 7.41. The third-order valence-electron chi connectivity index (χ3n) is 5.58. The van der Waals surface area contributed by atoms with E-state index >= 15 is 0 Å². The molecular formula is C22H27FN2O. The molecule has 0 radical (unpaired) electrons. The fourth-order valence-corrected chi connectivity index (χ4v) is 3.66. The molecule has 3 atom stereocenters. The molecule has 1 N–H and O–H groups in total. The lowest BCUT2D eigenvalue weighted by Crippen LogP contribution is -2.48. The lowest BCUT2D eigenvalue weighted by atomic mass is 9.81. The fraction of sp³-hybridized carbons (Fsp3) is 0.409. The van der Waals surface area contributed by atoms with E-state index in [1.54, 1.807) is 19.1 Å². The van der Waals surface area contributed by atoms with E-state index in [-0.39, 0.29) is 17.8 Å². The van der Waals surface area contributed by atoms with Gasteiger partial charge in [0, 0.05) is 12.2 Å². The Morgan fingerprint density at radius 1 is 1.23 bits per heavy atom. The number of carbonyl (C=O) groups excluding carboxylic acids is 1. The van der Waals surface area contributed by atoms with Crippen LogP contribution in [-0.4, -0.2) is 29.9 Å². The van der Waals surface area contributed by atoms with Crippen LogP contribution in [0, 0.1) is 18.7 Å². The number of piperidine rings is 1. The van der Waals surface area contributed by atoms with Crippen LogP contribution in [0.5, 0.6) is 0 Å². The van der Waals surface area contributed by atoms with Crippen LogP contribution in [0.15, 0.2) is 48.5 Å². The number of carbonyl (C=O) groups is 1. The first kappa shape index (κ1) is 18.6. The SMILES string of the molecule is Cc1ccc(NC(=O)C(C)N2CCC(C)C(c3ccccc3)C2)cc1F. The Morgan fingerprint density at radius 2 is 1.96 bits per heavy atom. The molecule has 3 rings (SSSR count). The number of hydrogen-bond acceptors (Lipinski definition) is 2. The first-order chi connectivity index (χ1) is 12.5. The van der Waals surface area contributed by atoms with Gasteiger partial charge in [-0.15, -0.1) is 0 Å². The predicted molar refractivity (Wildman–Crippen MR) is 104 cm³/mol. The number of anilines is 1. The molecule has 3 nitrogen and oxygen atoms in total. The lowest BCUT2D eigenvalue weighted by Gasteiger charge is -2.40. The summed E-state index contributed by atoms with van der Waals surface area (Å²) in [6.07, 6.45) is 1.07. The zero-order valence-corrected chi connectivity index (χ0v) is 15.7. The molecule has 0 saturated carbocycles. The fourth-order valence-electron chi connectivity index (χ4n) is 3.66. The van der Waals surface area contributed by atoms with Crippen molar-refractivity contribution in [2.24, 2.45) is 5.92 Å². The summed E-state index contributed by atoms with van der Waals surface area (Å²) in [6, 6.07) is 15.1. The van der Waals surface area contributed by atoms with Gasteiger partial charge in [0.05, 0.1) is 6.04 Å². The Hall–Kier alpha value is -2.20. The molecule has 0 aliphatic carbocycles. The van der Waals surface area contributed by atoms with E-state index in [1.165, 1.54) is 11.6 Å².